The molecule has 6 heteroatoms. The Bertz CT molecular complexity index is 785. The summed E-state index contributed by atoms with van der Waals surface area (Å²) in [6.45, 7) is 3.66. The number of hydrogen-bond donors (Lipinski definition) is 1. The number of sulfonamides is 1. The number of aryl methyl sites for hydroxylation is 2. The van der Waals surface area contributed by atoms with Gasteiger partial charge in [0.05, 0.1) is 19.9 Å². The third-order valence-corrected chi connectivity index (χ3v) is 4.75. The molecule has 118 valence electrons. The Balaban J connectivity index is 2.51. The van der Waals surface area contributed by atoms with Gasteiger partial charge in [-0.3, -0.25) is 4.72 Å². The second-order valence-corrected chi connectivity index (χ2v) is 6.54. The lowest BCUT2D eigenvalue weighted by molar-refractivity contribution is 0.390. The average Bonchev–Trinajstić information content (AvgIpc) is 2.48. The molecule has 0 atom stereocenters. The summed E-state index contributed by atoms with van der Waals surface area (Å²) in [6, 6.07) is 10.3. The van der Waals surface area contributed by atoms with Crippen molar-refractivity contribution in [2.45, 2.75) is 18.7 Å². The quantitative estimate of drug-likeness (QED) is 0.919. The third kappa shape index (κ3) is 3.17. The summed E-state index contributed by atoms with van der Waals surface area (Å²) in [5, 5.41) is 0. The summed E-state index contributed by atoms with van der Waals surface area (Å²) in [5.74, 6) is 0.769. The van der Waals surface area contributed by atoms with E-state index >= 15 is 0 Å². The topological polar surface area (TPSA) is 64.6 Å². The van der Waals surface area contributed by atoms with Crippen molar-refractivity contribution in [2.24, 2.45) is 0 Å². The highest BCUT2D eigenvalue weighted by atomic mass is 32.2. The Morgan fingerprint density at radius 2 is 1.55 bits per heavy atom. The molecule has 0 fully saturated rings. The number of benzene rings is 2. The van der Waals surface area contributed by atoms with Crippen LogP contribution in [0, 0.1) is 13.8 Å². The highest BCUT2D eigenvalue weighted by Gasteiger charge is 2.22. The molecular formula is C16H19NO4S. The first kappa shape index (κ1) is 16.2. The molecule has 2 aromatic rings. The zero-order chi connectivity index (χ0) is 16.3. The van der Waals surface area contributed by atoms with Crippen molar-refractivity contribution >= 4 is 15.7 Å². The van der Waals surface area contributed by atoms with E-state index in [0.717, 1.165) is 11.1 Å². The van der Waals surface area contributed by atoms with Gasteiger partial charge in [-0.2, -0.15) is 0 Å². The minimum Gasteiger partial charge on any atom is -0.496 e. The van der Waals surface area contributed by atoms with Crippen LogP contribution in [0.5, 0.6) is 11.5 Å². The van der Waals surface area contributed by atoms with E-state index in [1.54, 1.807) is 18.2 Å². The maximum Gasteiger partial charge on any atom is 0.265 e. The average molecular weight is 321 g/mol. The van der Waals surface area contributed by atoms with Crippen molar-refractivity contribution in [3.05, 3.63) is 47.5 Å². The van der Waals surface area contributed by atoms with Crippen LogP contribution in [0.15, 0.2) is 41.3 Å². The van der Waals surface area contributed by atoms with Gasteiger partial charge < -0.3 is 9.47 Å². The predicted octanol–water partition coefficient (Wildman–Crippen LogP) is 3.12. The van der Waals surface area contributed by atoms with E-state index < -0.39 is 10.0 Å². The van der Waals surface area contributed by atoms with Gasteiger partial charge >= 0.3 is 0 Å². The van der Waals surface area contributed by atoms with Crippen LogP contribution in [0.4, 0.5) is 5.69 Å². The van der Waals surface area contributed by atoms with Gasteiger partial charge in [0.25, 0.3) is 10.0 Å². The third-order valence-electron chi connectivity index (χ3n) is 3.36. The molecule has 2 aromatic carbocycles. The molecule has 0 aliphatic carbocycles. The van der Waals surface area contributed by atoms with E-state index in [1.807, 2.05) is 26.0 Å². The molecule has 0 aliphatic rings. The number of hydrogen-bond acceptors (Lipinski definition) is 4. The van der Waals surface area contributed by atoms with Gasteiger partial charge in [0.2, 0.25) is 0 Å². The smallest absolute Gasteiger partial charge is 0.265 e. The van der Waals surface area contributed by atoms with Gasteiger partial charge in [0, 0.05) is 6.07 Å². The minimum atomic E-state index is -3.78. The van der Waals surface area contributed by atoms with Gasteiger partial charge in [0.15, 0.2) is 0 Å². The Kier molecular flexibility index (Phi) is 4.61. The van der Waals surface area contributed by atoms with Crippen molar-refractivity contribution in [1.82, 2.24) is 0 Å². The van der Waals surface area contributed by atoms with Crippen LogP contribution in [0.3, 0.4) is 0 Å². The van der Waals surface area contributed by atoms with Gasteiger partial charge in [-0.1, -0.05) is 18.2 Å². The fourth-order valence-corrected chi connectivity index (χ4v) is 3.42. The SMILES string of the molecule is COc1cc(S(=O)(=O)Nc2ccccc2C)c(OC)cc1C. The number of rotatable bonds is 5. The molecule has 1 N–H and O–H groups in total. The summed E-state index contributed by atoms with van der Waals surface area (Å²) < 4.78 is 38.3. The van der Waals surface area contributed by atoms with Crippen molar-refractivity contribution in [1.29, 1.82) is 0 Å². The fraction of sp³-hybridized carbons (Fsp3) is 0.250. The van der Waals surface area contributed by atoms with Crippen molar-refractivity contribution in [3.8, 4) is 11.5 Å². The Morgan fingerprint density at radius 3 is 2.14 bits per heavy atom. The van der Waals surface area contributed by atoms with Crippen molar-refractivity contribution < 1.29 is 17.9 Å². The first-order chi connectivity index (χ1) is 10.4. The summed E-state index contributed by atoms with van der Waals surface area (Å²) in [6.07, 6.45) is 0. The van der Waals surface area contributed by atoms with E-state index in [0.29, 0.717) is 11.4 Å². The van der Waals surface area contributed by atoms with Crippen LogP contribution >= 0.6 is 0 Å². The highest BCUT2D eigenvalue weighted by molar-refractivity contribution is 7.92. The number of methoxy groups -OCH3 is 2. The normalized spacial score (nSPS) is 11.1. The molecule has 0 saturated carbocycles. The standard InChI is InChI=1S/C16H19NO4S/c1-11-7-5-6-8-13(11)17-22(18,19)16-10-14(20-3)12(2)9-15(16)21-4/h5-10,17H,1-4H3. The maximum absolute atomic E-state index is 12.7. The number of para-hydroxylation sites is 1. The molecule has 0 heterocycles. The van der Waals surface area contributed by atoms with Crippen LogP contribution < -0.4 is 14.2 Å². The molecule has 0 unspecified atom stereocenters. The fourth-order valence-electron chi connectivity index (χ4n) is 2.12. The molecule has 0 radical (unpaired) electrons. The van der Waals surface area contributed by atoms with Crippen LogP contribution in [0.1, 0.15) is 11.1 Å². The highest BCUT2D eigenvalue weighted by Crippen LogP contribution is 2.33. The van der Waals surface area contributed by atoms with Gasteiger partial charge in [-0.05, 0) is 37.1 Å². The lowest BCUT2D eigenvalue weighted by Gasteiger charge is -2.15. The lowest BCUT2D eigenvalue weighted by Crippen LogP contribution is -2.15. The monoisotopic (exact) mass is 321 g/mol. The molecule has 5 nitrogen and oxygen atoms in total. The van der Waals surface area contributed by atoms with Gasteiger partial charge in [-0.15, -0.1) is 0 Å². The van der Waals surface area contributed by atoms with Crippen LogP contribution in [0.25, 0.3) is 0 Å². The summed E-state index contributed by atoms with van der Waals surface area (Å²) >= 11 is 0. The molecule has 2 rings (SSSR count). The summed E-state index contributed by atoms with van der Waals surface area (Å²) in [5.41, 5.74) is 2.17. The molecule has 0 saturated heterocycles. The minimum absolute atomic E-state index is 0.0423. The number of anilines is 1. The Hall–Kier alpha value is -2.21. The molecule has 0 spiro atoms. The summed E-state index contributed by atoms with van der Waals surface area (Å²) in [4.78, 5) is 0.0423. The zero-order valence-electron chi connectivity index (χ0n) is 13.0. The Labute approximate surface area is 130 Å². The number of ether oxygens (including phenoxy) is 2. The second kappa shape index (κ2) is 6.27. The zero-order valence-corrected chi connectivity index (χ0v) is 13.8. The molecule has 0 aliphatic heterocycles. The molecule has 0 aromatic heterocycles. The van der Waals surface area contributed by atoms with E-state index in [2.05, 4.69) is 4.72 Å². The van der Waals surface area contributed by atoms with Gasteiger partial charge in [0.1, 0.15) is 16.4 Å². The molecule has 22 heavy (non-hydrogen) atoms. The van der Waals surface area contributed by atoms with Crippen molar-refractivity contribution in [2.75, 3.05) is 18.9 Å². The largest absolute Gasteiger partial charge is 0.496 e. The molecule has 0 bridgehead atoms. The van der Waals surface area contributed by atoms with Crippen LogP contribution in [0.2, 0.25) is 0 Å². The van der Waals surface area contributed by atoms with Crippen molar-refractivity contribution in [3.63, 3.8) is 0 Å². The second-order valence-electron chi connectivity index (χ2n) is 4.89. The van der Waals surface area contributed by atoms with E-state index in [9.17, 15) is 8.42 Å². The molecule has 0 amide bonds. The maximum atomic E-state index is 12.7. The van der Waals surface area contributed by atoms with E-state index in [1.165, 1.54) is 20.3 Å². The number of nitrogens with one attached hydrogen (secondary N) is 1. The first-order valence-electron chi connectivity index (χ1n) is 6.70. The van der Waals surface area contributed by atoms with Crippen LogP contribution in [-0.2, 0) is 10.0 Å². The molecular weight excluding hydrogens is 302 g/mol. The predicted molar refractivity (Wildman–Crippen MR) is 86.3 cm³/mol. The van der Waals surface area contributed by atoms with E-state index in [-0.39, 0.29) is 10.6 Å². The summed E-state index contributed by atoms with van der Waals surface area (Å²) in [7, 11) is -0.844. The van der Waals surface area contributed by atoms with Crippen LogP contribution in [-0.4, -0.2) is 22.6 Å². The first-order valence-corrected chi connectivity index (χ1v) is 8.18. The van der Waals surface area contributed by atoms with Gasteiger partial charge in [-0.25, -0.2) is 8.42 Å². The lowest BCUT2D eigenvalue weighted by atomic mass is 10.2. The van der Waals surface area contributed by atoms with E-state index in [4.69, 9.17) is 9.47 Å². The Morgan fingerprint density at radius 1 is 0.909 bits per heavy atom.